The highest BCUT2D eigenvalue weighted by molar-refractivity contribution is 5.84. The second-order valence-electron chi connectivity index (χ2n) is 11.4. The zero-order valence-electron chi connectivity index (χ0n) is 20.2. The number of hydrogen-bond donors (Lipinski definition) is 2. The molecule has 0 unspecified atom stereocenters. The van der Waals surface area contributed by atoms with E-state index in [2.05, 4.69) is 51.7 Å². The van der Waals surface area contributed by atoms with E-state index in [1.807, 2.05) is 0 Å². The molecule has 2 N–H and O–H groups in total. The number of rotatable bonds is 8. The summed E-state index contributed by atoms with van der Waals surface area (Å²) in [5.41, 5.74) is 2.30. The number of amides is 2. The summed E-state index contributed by atoms with van der Waals surface area (Å²) in [6, 6.07) is 8.53. The molecule has 1 aromatic carbocycles. The summed E-state index contributed by atoms with van der Waals surface area (Å²) in [5.74, 6) is 2.50. The highest BCUT2D eigenvalue weighted by Crippen LogP contribution is 2.60. The van der Waals surface area contributed by atoms with E-state index in [1.165, 1.54) is 24.8 Å². The van der Waals surface area contributed by atoms with Crippen LogP contribution in [0.5, 0.6) is 0 Å². The van der Waals surface area contributed by atoms with Gasteiger partial charge in [0.1, 0.15) is 0 Å². The van der Waals surface area contributed by atoms with Crippen LogP contribution in [-0.2, 0) is 22.7 Å². The van der Waals surface area contributed by atoms with Gasteiger partial charge in [-0.3, -0.25) is 14.5 Å². The maximum atomic E-state index is 13.0. The zero-order valence-corrected chi connectivity index (χ0v) is 20.2. The number of benzene rings is 1. The van der Waals surface area contributed by atoms with E-state index in [4.69, 9.17) is 0 Å². The number of nitrogens with one attached hydrogen (secondary N) is 2. The van der Waals surface area contributed by atoms with Crippen LogP contribution in [0, 0.1) is 23.2 Å². The summed E-state index contributed by atoms with van der Waals surface area (Å²) in [6.45, 7) is 6.39. The smallest absolute Gasteiger partial charge is 0.226 e. The van der Waals surface area contributed by atoms with Crippen LogP contribution in [-0.4, -0.2) is 61.4 Å². The Morgan fingerprint density at radius 2 is 1.58 bits per heavy atom. The fourth-order valence-electron chi connectivity index (χ4n) is 7.26. The number of likely N-dealkylation sites (N-methyl/N-ethyl adjacent to an activating group) is 1. The number of hydrogen-bond acceptors (Lipinski definition) is 4. The molecule has 1 aromatic rings. The van der Waals surface area contributed by atoms with Gasteiger partial charge in [0.05, 0.1) is 0 Å². The van der Waals surface area contributed by atoms with E-state index in [0.29, 0.717) is 19.5 Å². The second kappa shape index (κ2) is 9.75. The zero-order chi connectivity index (χ0) is 22.8. The monoisotopic (exact) mass is 452 g/mol. The summed E-state index contributed by atoms with van der Waals surface area (Å²) in [7, 11) is 2.18. The largest absolute Gasteiger partial charge is 0.355 e. The van der Waals surface area contributed by atoms with E-state index in [0.717, 1.165) is 75.3 Å². The van der Waals surface area contributed by atoms with Crippen LogP contribution in [0.3, 0.4) is 0 Å². The first-order valence-electron chi connectivity index (χ1n) is 13.0. The van der Waals surface area contributed by atoms with Crippen molar-refractivity contribution in [2.45, 2.75) is 58.0 Å². The van der Waals surface area contributed by atoms with Gasteiger partial charge in [0.15, 0.2) is 0 Å². The Kier molecular flexibility index (Phi) is 6.75. The molecular weight excluding hydrogens is 412 g/mol. The van der Waals surface area contributed by atoms with Gasteiger partial charge in [-0.25, -0.2) is 0 Å². The molecule has 6 heteroatoms. The third-order valence-corrected chi connectivity index (χ3v) is 8.64. The van der Waals surface area contributed by atoms with Crippen LogP contribution in [0.25, 0.3) is 0 Å². The van der Waals surface area contributed by atoms with Gasteiger partial charge >= 0.3 is 0 Å². The second-order valence-corrected chi connectivity index (χ2v) is 11.4. The van der Waals surface area contributed by atoms with Crippen molar-refractivity contribution in [3.05, 3.63) is 35.4 Å². The Morgan fingerprint density at radius 3 is 2.24 bits per heavy atom. The molecule has 1 aliphatic heterocycles. The van der Waals surface area contributed by atoms with Crippen molar-refractivity contribution < 1.29 is 9.59 Å². The van der Waals surface area contributed by atoms with E-state index in [-0.39, 0.29) is 17.2 Å². The van der Waals surface area contributed by atoms with E-state index in [1.54, 1.807) is 0 Å². The van der Waals surface area contributed by atoms with Gasteiger partial charge in [-0.15, -0.1) is 0 Å². The highest BCUT2D eigenvalue weighted by atomic mass is 16.2. The molecule has 1 saturated heterocycles. The van der Waals surface area contributed by atoms with Crippen molar-refractivity contribution in [3.8, 4) is 0 Å². The SMILES string of the molecule is CN1CCN(Cc2cccc(CNC(=O)CCNC(=O)C34CC5CC(CC(C5)C3)C4)c2)CC1. The Morgan fingerprint density at radius 1 is 0.939 bits per heavy atom. The number of piperazine rings is 1. The Hall–Kier alpha value is -1.92. The van der Waals surface area contributed by atoms with Crippen molar-refractivity contribution in [1.82, 2.24) is 20.4 Å². The third kappa shape index (κ3) is 5.43. The average Bonchev–Trinajstić information content (AvgIpc) is 2.78. The lowest BCUT2D eigenvalue weighted by Gasteiger charge is -2.55. The summed E-state index contributed by atoms with van der Waals surface area (Å²) < 4.78 is 0. The molecule has 0 radical (unpaired) electrons. The first-order valence-corrected chi connectivity index (χ1v) is 13.0. The normalized spacial score (nSPS) is 31.5. The highest BCUT2D eigenvalue weighted by Gasteiger charge is 2.54. The number of nitrogens with zero attached hydrogens (tertiary/aromatic N) is 2. The minimum atomic E-state index is -0.130. The average molecular weight is 453 g/mol. The molecule has 0 atom stereocenters. The van der Waals surface area contributed by atoms with Crippen LogP contribution in [0.2, 0.25) is 0 Å². The molecule has 6 nitrogen and oxygen atoms in total. The van der Waals surface area contributed by atoms with Crippen LogP contribution in [0.15, 0.2) is 24.3 Å². The van der Waals surface area contributed by atoms with Crippen LogP contribution in [0.1, 0.15) is 56.1 Å². The van der Waals surface area contributed by atoms with Gasteiger partial charge in [0.2, 0.25) is 11.8 Å². The maximum absolute atomic E-state index is 13.0. The van der Waals surface area contributed by atoms with Crippen LogP contribution < -0.4 is 10.6 Å². The number of carbonyl (C=O) groups is 2. The molecule has 6 rings (SSSR count). The van der Waals surface area contributed by atoms with Gasteiger partial charge in [-0.2, -0.15) is 0 Å². The molecule has 2 amide bonds. The molecule has 4 aliphatic carbocycles. The third-order valence-electron chi connectivity index (χ3n) is 8.64. The van der Waals surface area contributed by atoms with Crippen molar-refractivity contribution in [3.63, 3.8) is 0 Å². The maximum Gasteiger partial charge on any atom is 0.226 e. The molecule has 180 valence electrons. The predicted molar refractivity (Wildman–Crippen MR) is 129 cm³/mol. The van der Waals surface area contributed by atoms with Crippen molar-refractivity contribution in [2.24, 2.45) is 23.2 Å². The Labute approximate surface area is 198 Å². The van der Waals surface area contributed by atoms with E-state index in [9.17, 15) is 9.59 Å². The van der Waals surface area contributed by atoms with Gasteiger partial charge in [0.25, 0.3) is 0 Å². The lowest BCUT2D eigenvalue weighted by molar-refractivity contribution is -0.146. The van der Waals surface area contributed by atoms with E-state index < -0.39 is 0 Å². The van der Waals surface area contributed by atoms with Gasteiger partial charge in [0, 0.05) is 57.6 Å². The standard InChI is InChI=1S/C27H40N4O2/c1-30-7-9-31(10-8-30)19-21-4-2-3-20(11-21)18-29-25(32)5-6-28-26(33)27-15-22-12-23(16-27)14-24(13-22)17-27/h2-4,11,22-24H,5-10,12-19H2,1H3,(H,28,33)(H,29,32). The lowest BCUT2D eigenvalue weighted by atomic mass is 9.49. The van der Waals surface area contributed by atoms with E-state index >= 15 is 0 Å². The fraction of sp³-hybridized carbons (Fsp3) is 0.704. The number of carbonyl (C=O) groups excluding carboxylic acids is 2. The first kappa shape index (κ1) is 22.9. The van der Waals surface area contributed by atoms with Crippen molar-refractivity contribution in [2.75, 3.05) is 39.8 Å². The summed E-state index contributed by atoms with van der Waals surface area (Å²) >= 11 is 0. The van der Waals surface area contributed by atoms with Crippen molar-refractivity contribution in [1.29, 1.82) is 0 Å². The molecule has 4 saturated carbocycles. The van der Waals surface area contributed by atoms with Crippen LogP contribution in [0.4, 0.5) is 0 Å². The molecular formula is C27H40N4O2. The van der Waals surface area contributed by atoms with Crippen LogP contribution >= 0.6 is 0 Å². The minimum absolute atomic E-state index is 0.00489. The quantitative estimate of drug-likeness (QED) is 0.637. The molecule has 5 aliphatic rings. The summed E-state index contributed by atoms with van der Waals surface area (Å²) in [4.78, 5) is 30.3. The molecule has 1 heterocycles. The fourth-order valence-corrected chi connectivity index (χ4v) is 7.26. The Bertz CT molecular complexity index is 826. The predicted octanol–water partition coefficient (Wildman–Crippen LogP) is 2.77. The van der Waals surface area contributed by atoms with Crippen molar-refractivity contribution >= 4 is 11.8 Å². The molecule has 5 fully saturated rings. The molecule has 0 aromatic heterocycles. The minimum Gasteiger partial charge on any atom is -0.355 e. The summed E-state index contributed by atoms with van der Waals surface area (Å²) in [5, 5.41) is 6.15. The molecule has 33 heavy (non-hydrogen) atoms. The van der Waals surface area contributed by atoms with Gasteiger partial charge < -0.3 is 15.5 Å². The van der Waals surface area contributed by atoms with Gasteiger partial charge in [-0.1, -0.05) is 24.3 Å². The topological polar surface area (TPSA) is 64.7 Å². The van der Waals surface area contributed by atoms with Gasteiger partial charge in [-0.05, 0) is 74.5 Å². The lowest BCUT2D eigenvalue weighted by Crippen LogP contribution is -2.53. The molecule has 0 spiro atoms. The Balaban J connectivity index is 1.04. The first-order chi connectivity index (χ1) is 16.0. The summed E-state index contributed by atoms with van der Waals surface area (Å²) in [6.07, 6.45) is 7.58. The molecule has 4 bridgehead atoms.